The lowest BCUT2D eigenvalue weighted by Crippen LogP contribution is -2.49. The Kier molecular flexibility index (Phi) is 6.98. The molecule has 0 aliphatic carbocycles. The molecule has 2 fully saturated rings. The van der Waals surface area contributed by atoms with Gasteiger partial charge in [-0.25, -0.2) is 0 Å². The number of benzene rings is 1. The lowest BCUT2D eigenvalue weighted by Gasteiger charge is -2.37. The molecule has 0 unspecified atom stereocenters. The predicted molar refractivity (Wildman–Crippen MR) is 127 cm³/mol. The molecule has 6 heteroatoms. The number of piperidine rings is 2. The summed E-state index contributed by atoms with van der Waals surface area (Å²) in [5, 5.41) is 4.48. The van der Waals surface area contributed by atoms with Gasteiger partial charge in [0.1, 0.15) is 0 Å². The minimum absolute atomic E-state index is 0.170. The first-order valence-electron chi connectivity index (χ1n) is 11.5. The summed E-state index contributed by atoms with van der Waals surface area (Å²) in [4.78, 5) is 26.2. The standard InChI is InChI=1S/C25H35N5O/c1-18-13-20(22-7-6-19(14-26-2)25-23(22)5-4-10-27-25)16-30(15-18)17-24(31)28-21-8-11-29(3)12-9-21/h4-7,10,14,18,20-21H,8-9,11-13,15-17H2,1-3H3,(H,28,31)/t18-,20+/m1/s1. The van der Waals surface area contributed by atoms with Crippen LogP contribution in [0.15, 0.2) is 35.5 Å². The molecule has 166 valence electrons. The van der Waals surface area contributed by atoms with Crippen molar-refractivity contribution in [2.75, 3.05) is 46.8 Å². The molecule has 2 aromatic rings. The summed E-state index contributed by atoms with van der Waals surface area (Å²) in [6.45, 7) is 6.81. The molecule has 1 aromatic heterocycles. The lowest BCUT2D eigenvalue weighted by molar-refractivity contribution is -0.123. The summed E-state index contributed by atoms with van der Waals surface area (Å²) in [6.07, 6.45) is 6.96. The topological polar surface area (TPSA) is 60.8 Å². The van der Waals surface area contributed by atoms with Gasteiger partial charge in [0.2, 0.25) is 5.91 Å². The fourth-order valence-electron chi connectivity index (χ4n) is 5.26. The number of carbonyl (C=O) groups is 1. The van der Waals surface area contributed by atoms with Gasteiger partial charge in [0.25, 0.3) is 0 Å². The van der Waals surface area contributed by atoms with Gasteiger partial charge in [-0.3, -0.25) is 19.7 Å². The Balaban J connectivity index is 1.47. The number of hydrogen-bond acceptors (Lipinski definition) is 5. The van der Waals surface area contributed by atoms with Crippen LogP contribution in [0.4, 0.5) is 0 Å². The lowest BCUT2D eigenvalue weighted by atomic mass is 9.83. The number of pyridine rings is 1. The maximum absolute atomic E-state index is 12.7. The third-order valence-electron chi connectivity index (χ3n) is 6.73. The molecule has 3 heterocycles. The second kappa shape index (κ2) is 9.88. The van der Waals surface area contributed by atoms with Crippen molar-refractivity contribution >= 4 is 23.0 Å². The molecular formula is C25H35N5O. The van der Waals surface area contributed by atoms with E-state index >= 15 is 0 Å². The van der Waals surface area contributed by atoms with Crippen molar-refractivity contribution in [2.24, 2.45) is 10.9 Å². The van der Waals surface area contributed by atoms with Crippen LogP contribution in [0.25, 0.3) is 10.9 Å². The Hall–Kier alpha value is -2.31. The average Bonchev–Trinajstić information content (AvgIpc) is 2.75. The van der Waals surface area contributed by atoms with E-state index in [4.69, 9.17) is 0 Å². The molecule has 0 bridgehead atoms. The summed E-state index contributed by atoms with van der Waals surface area (Å²) in [5.74, 6) is 1.13. The summed E-state index contributed by atoms with van der Waals surface area (Å²) < 4.78 is 0. The van der Waals surface area contributed by atoms with E-state index in [0.29, 0.717) is 24.4 Å². The molecular weight excluding hydrogens is 386 g/mol. The quantitative estimate of drug-likeness (QED) is 0.754. The Morgan fingerprint density at radius 2 is 2.06 bits per heavy atom. The van der Waals surface area contributed by atoms with Crippen molar-refractivity contribution in [3.8, 4) is 0 Å². The van der Waals surface area contributed by atoms with Crippen molar-refractivity contribution in [3.63, 3.8) is 0 Å². The van der Waals surface area contributed by atoms with Gasteiger partial charge in [0.05, 0.1) is 12.1 Å². The van der Waals surface area contributed by atoms with Crippen LogP contribution in [0, 0.1) is 5.92 Å². The van der Waals surface area contributed by atoms with Crippen LogP contribution in [-0.2, 0) is 4.79 Å². The Morgan fingerprint density at radius 1 is 1.26 bits per heavy atom. The third-order valence-corrected chi connectivity index (χ3v) is 6.73. The Morgan fingerprint density at radius 3 is 2.84 bits per heavy atom. The van der Waals surface area contributed by atoms with Gasteiger partial charge in [-0.1, -0.05) is 25.1 Å². The fraction of sp³-hybridized carbons (Fsp3) is 0.560. The van der Waals surface area contributed by atoms with E-state index in [2.05, 4.69) is 57.3 Å². The first-order chi connectivity index (χ1) is 15.0. The maximum atomic E-state index is 12.7. The number of aliphatic imine (C=N–C) groups is 1. The zero-order valence-corrected chi connectivity index (χ0v) is 19.1. The number of carbonyl (C=O) groups excluding carboxylic acids is 1. The maximum Gasteiger partial charge on any atom is 0.234 e. The number of nitrogens with one attached hydrogen (secondary N) is 1. The molecule has 2 atom stereocenters. The van der Waals surface area contributed by atoms with Crippen LogP contribution < -0.4 is 5.32 Å². The smallest absolute Gasteiger partial charge is 0.234 e. The molecule has 2 aliphatic rings. The highest BCUT2D eigenvalue weighted by Gasteiger charge is 2.29. The number of amides is 1. The Bertz CT molecular complexity index is 935. The van der Waals surface area contributed by atoms with Crippen LogP contribution in [0.5, 0.6) is 0 Å². The normalized spacial score (nSPS) is 24.1. The molecule has 1 N–H and O–H groups in total. The van der Waals surface area contributed by atoms with Crippen molar-refractivity contribution < 1.29 is 4.79 Å². The Labute approximate surface area is 185 Å². The summed E-state index contributed by atoms with van der Waals surface area (Å²) in [6, 6.07) is 8.87. The number of aromatic nitrogens is 1. The van der Waals surface area contributed by atoms with Gasteiger partial charge in [-0.15, -0.1) is 0 Å². The first-order valence-corrected chi connectivity index (χ1v) is 11.5. The van der Waals surface area contributed by atoms with Crippen LogP contribution in [0.2, 0.25) is 0 Å². The van der Waals surface area contributed by atoms with E-state index in [1.807, 2.05) is 18.5 Å². The number of likely N-dealkylation sites (tertiary alicyclic amines) is 2. The van der Waals surface area contributed by atoms with E-state index in [9.17, 15) is 4.79 Å². The molecule has 0 radical (unpaired) electrons. The summed E-state index contributed by atoms with van der Waals surface area (Å²) in [5.41, 5.74) is 3.40. The molecule has 1 amide bonds. The van der Waals surface area contributed by atoms with Crippen LogP contribution in [0.1, 0.15) is 43.2 Å². The van der Waals surface area contributed by atoms with Crippen LogP contribution in [0.3, 0.4) is 0 Å². The van der Waals surface area contributed by atoms with E-state index in [-0.39, 0.29) is 5.91 Å². The molecule has 0 saturated carbocycles. The zero-order chi connectivity index (χ0) is 21.8. The van der Waals surface area contributed by atoms with Gasteiger partial charge in [0, 0.05) is 49.5 Å². The molecule has 4 rings (SSSR count). The van der Waals surface area contributed by atoms with Crippen molar-refractivity contribution in [1.82, 2.24) is 20.1 Å². The highest BCUT2D eigenvalue weighted by atomic mass is 16.2. The van der Waals surface area contributed by atoms with Crippen molar-refractivity contribution in [1.29, 1.82) is 0 Å². The summed E-state index contributed by atoms with van der Waals surface area (Å²) >= 11 is 0. The molecule has 2 aliphatic heterocycles. The third kappa shape index (κ3) is 5.31. The van der Waals surface area contributed by atoms with Gasteiger partial charge < -0.3 is 10.2 Å². The van der Waals surface area contributed by atoms with E-state index < -0.39 is 0 Å². The van der Waals surface area contributed by atoms with Crippen molar-refractivity contribution in [3.05, 3.63) is 41.6 Å². The van der Waals surface area contributed by atoms with Gasteiger partial charge in [0.15, 0.2) is 0 Å². The number of nitrogens with zero attached hydrogens (tertiary/aromatic N) is 4. The predicted octanol–water partition coefficient (Wildman–Crippen LogP) is 2.92. The molecule has 31 heavy (non-hydrogen) atoms. The second-order valence-electron chi connectivity index (χ2n) is 9.41. The van der Waals surface area contributed by atoms with E-state index in [1.54, 1.807) is 7.05 Å². The molecule has 1 aromatic carbocycles. The number of fused-ring (bicyclic) bond motifs is 1. The SMILES string of the molecule is CN=Cc1ccc([C@H]2C[C@@H](C)CN(CC(=O)NC3CCN(C)CC3)C2)c2cccnc12. The van der Waals surface area contributed by atoms with Gasteiger partial charge in [-0.05, 0) is 62.9 Å². The minimum atomic E-state index is 0.170. The van der Waals surface area contributed by atoms with E-state index in [1.165, 1.54) is 10.9 Å². The van der Waals surface area contributed by atoms with Gasteiger partial charge in [-0.2, -0.15) is 0 Å². The van der Waals surface area contributed by atoms with Gasteiger partial charge >= 0.3 is 0 Å². The van der Waals surface area contributed by atoms with Crippen LogP contribution >= 0.6 is 0 Å². The minimum Gasteiger partial charge on any atom is -0.352 e. The highest BCUT2D eigenvalue weighted by Crippen LogP contribution is 2.34. The number of rotatable bonds is 5. The van der Waals surface area contributed by atoms with Crippen molar-refractivity contribution in [2.45, 2.75) is 38.1 Å². The van der Waals surface area contributed by atoms with E-state index in [0.717, 1.165) is 56.5 Å². The molecule has 0 spiro atoms. The fourth-order valence-corrected chi connectivity index (χ4v) is 5.26. The molecule has 2 saturated heterocycles. The average molecular weight is 422 g/mol. The molecule has 6 nitrogen and oxygen atoms in total. The van der Waals surface area contributed by atoms with Crippen LogP contribution in [-0.4, -0.2) is 79.8 Å². The first kappa shape index (κ1) is 21.9. The number of hydrogen-bond donors (Lipinski definition) is 1. The second-order valence-corrected chi connectivity index (χ2v) is 9.41. The summed E-state index contributed by atoms with van der Waals surface area (Å²) in [7, 11) is 3.94. The largest absolute Gasteiger partial charge is 0.352 e. The monoisotopic (exact) mass is 421 g/mol. The highest BCUT2D eigenvalue weighted by molar-refractivity contribution is 5.99. The zero-order valence-electron chi connectivity index (χ0n) is 19.1.